The van der Waals surface area contributed by atoms with Crippen molar-refractivity contribution in [3.63, 3.8) is 0 Å². The van der Waals surface area contributed by atoms with Crippen molar-refractivity contribution in [2.45, 2.75) is 44.6 Å². The van der Waals surface area contributed by atoms with Crippen molar-refractivity contribution in [3.8, 4) is 0 Å². The molecule has 0 radical (unpaired) electrons. The molecule has 0 spiro atoms. The van der Waals surface area contributed by atoms with Crippen LogP contribution in [0.4, 0.5) is 4.39 Å². The Morgan fingerprint density at radius 2 is 2.19 bits per heavy atom. The molecule has 2 fully saturated rings. The summed E-state index contributed by atoms with van der Waals surface area (Å²) in [6.45, 7) is 3.13. The van der Waals surface area contributed by atoms with Gasteiger partial charge in [-0.25, -0.2) is 4.39 Å². The van der Waals surface area contributed by atoms with Gasteiger partial charge in [0.1, 0.15) is 5.82 Å². The summed E-state index contributed by atoms with van der Waals surface area (Å²) in [5.41, 5.74) is 2.00. The second kappa shape index (κ2) is 6.67. The number of fused-ring (bicyclic) bond motifs is 1. The number of hydrogen-bond donors (Lipinski definition) is 1. The first kappa shape index (κ1) is 16.9. The second-order valence-electron chi connectivity index (χ2n) is 7.35. The Kier molecular flexibility index (Phi) is 4.34. The standard InChI is InChI=1S/C20H22FN3O2/c1-12(11-24-8-2-3-19(24)25)22-20(26)16-10-18(13-4-5-13)23-17-7-6-14(21)9-15(16)17/h6-7,9-10,12-13H,2-5,8,11H2,1H3,(H,22,26). The van der Waals surface area contributed by atoms with Crippen molar-refractivity contribution in [1.82, 2.24) is 15.2 Å². The van der Waals surface area contributed by atoms with Gasteiger partial charge in [0, 0.05) is 42.6 Å². The maximum Gasteiger partial charge on any atom is 0.252 e. The van der Waals surface area contributed by atoms with E-state index in [2.05, 4.69) is 10.3 Å². The molecular formula is C20H22FN3O2. The lowest BCUT2D eigenvalue weighted by molar-refractivity contribution is -0.127. The molecule has 136 valence electrons. The number of nitrogens with one attached hydrogen (secondary N) is 1. The minimum absolute atomic E-state index is 0.138. The Hall–Kier alpha value is -2.50. The third kappa shape index (κ3) is 3.41. The lowest BCUT2D eigenvalue weighted by Gasteiger charge is -2.22. The van der Waals surface area contributed by atoms with E-state index in [-0.39, 0.29) is 23.7 Å². The predicted molar refractivity (Wildman–Crippen MR) is 96.4 cm³/mol. The number of amides is 2. The second-order valence-corrected chi connectivity index (χ2v) is 7.35. The molecule has 1 unspecified atom stereocenters. The van der Waals surface area contributed by atoms with Gasteiger partial charge in [-0.2, -0.15) is 0 Å². The fourth-order valence-corrected chi connectivity index (χ4v) is 3.57. The number of benzene rings is 1. The van der Waals surface area contributed by atoms with Crippen LogP contribution in [-0.2, 0) is 4.79 Å². The Morgan fingerprint density at radius 3 is 2.88 bits per heavy atom. The number of carbonyl (C=O) groups excluding carboxylic acids is 2. The number of likely N-dealkylation sites (tertiary alicyclic amines) is 1. The number of halogens is 1. The van der Waals surface area contributed by atoms with Crippen LogP contribution >= 0.6 is 0 Å². The van der Waals surface area contributed by atoms with Crippen LogP contribution in [0.15, 0.2) is 24.3 Å². The van der Waals surface area contributed by atoms with Crippen molar-refractivity contribution < 1.29 is 14.0 Å². The first-order valence-corrected chi connectivity index (χ1v) is 9.20. The van der Waals surface area contributed by atoms with Crippen LogP contribution in [0, 0.1) is 5.82 Å². The normalized spacial score (nSPS) is 18.4. The van der Waals surface area contributed by atoms with E-state index in [0.717, 1.165) is 31.5 Å². The molecule has 6 heteroatoms. The molecular weight excluding hydrogens is 333 g/mol. The van der Waals surface area contributed by atoms with E-state index >= 15 is 0 Å². The predicted octanol–water partition coefficient (Wildman–Crippen LogP) is 2.99. The zero-order valence-electron chi connectivity index (χ0n) is 14.8. The van der Waals surface area contributed by atoms with E-state index in [1.54, 1.807) is 17.0 Å². The van der Waals surface area contributed by atoms with E-state index < -0.39 is 0 Å². The average Bonchev–Trinajstić information content (AvgIpc) is 3.38. The third-order valence-corrected chi connectivity index (χ3v) is 5.07. The third-order valence-electron chi connectivity index (χ3n) is 5.07. The molecule has 4 rings (SSSR count). The van der Waals surface area contributed by atoms with Crippen LogP contribution in [0.1, 0.15) is 54.6 Å². The monoisotopic (exact) mass is 355 g/mol. The number of carbonyl (C=O) groups is 2. The van der Waals surface area contributed by atoms with Crippen molar-refractivity contribution in [2.75, 3.05) is 13.1 Å². The summed E-state index contributed by atoms with van der Waals surface area (Å²) in [4.78, 5) is 31.0. The molecule has 26 heavy (non-hydrogen) atoms. The Bertz CT molecular complexity index is 879. The van der Waals surface area contributed by atoms with Crippen molar-refractivity contribution in [3.05, 3.63) is 41.3 Å². The summed E-state index contributed by atoms with van der Waals surface area (Å²) in [6.07, 6.45) is 3.61. The van der Waals surface area contributed by atoms with Gasteiger partial charge < -0.3 is 10.2 Å². The summed E-state index contributed by atoms with van der Waals surface area (Å²) in [5.74, 6) is -0.0959. The van der Waals surface area contributed by atoms with Gasteiger partial charge in [0.25, 0.3) is 5.91 Å². The molecule has 1 atom stereocenters. The molecule has 2 amide bonds. The van der Waals surface area contributed by atoms with Crippen LogP contribution in [-0.4, -0.2) is 40.8 Å². The number of pyridine rings is 1. The molecule has 1 saturated heterocycles. The lowest BCUT2D eigenvalue weighted by Crippen LogP contribution is -2.42. The zero-order chi connectivity index (χ0) is 18.3. The van der Waals surface area contributed by atoms with E-state index in [9.17, 15) is 14.0 Å². The molecule has 1 saturated carbocycles. The Balaban J connectivity index is 1.58. The summed E-state index contributed by atoms with van der Waals surface area (Å²) in [6, 6.07) is 5.98. The van der Waals surface area contributed by atoms with Gasteiger partial charge in [0.05, 0.1) is 11.1 Å². The molecule has 2 aromatic rings. The Morgan fingerprint density at radius 1 is 1.38 bits per heavy atom. The zero-order valence-corrected chi connectivity index (χ0v) is 14.8. The number of aromatic nitrogens is 1. The summed E-state index contributed by atoms with van der Waals surface area (Å²) < 4.78 is 13.7. The highest BCUT2D eigenvalue weighted by Crippen LogP contribution is 2.40. The molecule has 1 aliphatic heterocycles. The molecule has 1 aromatic carbocycles. The highest BCUT2D eigenvalue weighted by molar-refractivity contribution is 6.06. The minimum Gasteiger partial charge on any atom is -0.348 e. The van der Waals surface area contributed by atoms with Crippen molar-refractivity contribution in [1.29, 1.82) is 0 Å². The molecule has 2 heterocycles. The first-order valence-electron chi connectivity index (χ1n) is 9.20. The minimum atomic E-state index is -0.386. The maximum absolute atomic E-state index is 13.7. The quantitative estimate of drug-likeness (QED) is 0.897. The van der Waals surface area contributed by atoms with E-state index in [0.29, 0.717) is 35.3 Å². The number of nitrogens with zero attached hydrogens (tertiary/aromatic N) is 2. The fourth-order valence-electron chi connectivity index (χ4n) is 3.57. The molecule has 1 N–H and O–H groups in total. The van der Waals surface area contributed by atoms with Gasteiger partial charge >= 0.3 is 0 Å². The van der Waals surface area contributed by atoms with E-state index in [1.807, 2.05) is 6.92 Å². The maximum atomic E-state index is 13.7. The van der Waals surface area contributed by atoms with Crippen LogP contribution < -0.4 is 5.32 Å². The van der Waals surface area contributed by atoms with Gasteiger partial charge in [-0.05, 0) is 50.5 Å². The number of hydrogen-bond acceptors (Lipinski definition) is 3. The topological polar surface area (TPSA) is 62.3 Å². The van der Waals surface area contributed by atoms with Crippen molar-refractivity contribution in [2.24, 2.45) is 0 Å². The summed E-state index contributed by atoms with van der Waals surface area (Å²) >= 11 is 0. The SMILES string of the molecule is CC(CN1CCCC1=O)NC(=O)c1cc(C2CC2)nc2ccc(F)cc12. The highest BCUT2D eigenvalue weighted by Gasteiger charge is 2.28. The number of rotatable bonds is 5. The van der Waals surface area contributed by atoms with Crippen LogP contribution in [0.5, 0.6) is 0 Å². The average molecular weight is 355 g/mol. The van der Waals surface area contributed by atoms with Gasteiger partial charge in [0.2, 0.25) is 5.91 Å². The molecule has 0 bridgehead atoms. The molecule has 5 nitrogen and oxygen atoms in total. The molecule has 2 aliphatic rings. The molecule has 1 aliphatic carbocycles. The van der Waals surface area contributed by atoms with Crippen molar-refractivity contribution >= 4 is 22.7 Å². The van der Waals surface area contributed by atoms with Crippen LogP contribution in [0.25, 0.3) is 10.9 Å². The van der Waals surface area contributed by atoms with E-state index in [1.165, 1.54) is 12.1 Å². The van der Waals surface area contributed by atoms with Crippen LogP contribution in [0.2, 0.25) is 0 Å². The molecule has 1 aromatic heterocycles. The Labute approximate surface area is 151 Å². The first-order chi connectivity index (χ1) is 12.5. The van der Waals surface area contributed by atoms with Gasteiger partial charge in [-0.15, -0.1) is 0 Å². The van der Waals surface area contributed by atoms with E-state index in [4.69, 9.17) is 0 Å². The van der Waals surface area contributed by atoms with Gasteiger partial charge in [-0.3, -0.25) is 14.6 Å². The highest BCUT2D eigenvalue weighted by atomic mass is 19.1. The largest absolute Gasteiger partial charge is 0.348 e. The van der Waals surface area contributed by atoms with Crippen LogP contribution in [0.3, 0.4) is 0 Å². The van der Waals surface area contributed by atoms with Gasteiger partial charge in [0.15, 0.2) is 0 Å². The fraction of sp³-hybridized carbons (Fsp3) is 0.450. The summed E-state index contributed by atoms with van der Waals surface area (Å²) in [5, 5.41) is 3.48. The smallest absolute Gasteiger partial charge is 0.252 e. The lowest BCUT2D eigenvalue weighted by atomic mass is 10.0. The summed E-state index contributed by atoms with van der Waals surface area (Å²) in [7, 11) is 0. The van der Waals surface area contributed by atoms with Gasteiger partial charge in [-0.1, -0.05) is 0 Å².